The molecule has 0 saturated carbocycles. The third-order valence-corrected chi connectivity index (χ3v) is 31.5. The fourth-order valence-corrected chi connectivity index (χ4v) is 25.5. The Morgan fingerprint density at radius 3 is 0.801 bits per heavy atom. The van der Waals surface area contributed by atoms with Gasteiger partial charge in [-0.15, -0.1) is 34.0 Å². The Morgan fingerprint density at radius 1 is 0.140 bits per heavy atom. The molecule has 6 nitrogen and oxygen atoms in total. The molecule has 0 radical (unpaired) electrons. The SMILES string of the molecule is C.c1ccc(-n2c3ccccc3c3c2ccc2c4ccccc4n(-c4ccc(-c5ccc6sc7ccccc7c6c5)cc4)c23)cc1.c1ccc(-n2c3ccccc3c3c4c5ccccc5n(-c5ccc(-c6cccc7c6sc6ccccc67)cc5)c4ccc32)cc1.c1ccc(-n2c3ccccc3c3ccc4c(c5ccccc5n4-c4ccc(-c5ccc6sc7ccccc7c6c5)cc4)c32)cc1. The molecule has 0 N–H and O–H groups in total. The third-order valence-electron chi connectivity index (χ3n) is 28.0. The quantitative estimate of drug-likeness (QED) is 0.138. The molecule has 21 aromatic carbocycles. The molecule has 9 heterocycles. The monoisotopic (exact) mass is 1790 g/mol. The molecule has 0 unspecified atom stereocenters. The predicted octanol–water partition coefficient (Wildman–Crippen LogP) is 36.4. The Bertz CT molecular complexity index is 10100. The maximum Gasteiger partial charge on any atom is 0.0641 e. The van der Waals surface area contributed by atoms with Crippen LogP contribution in [0.2, 0.25) is 0 Å². The van der Waals surface area contributed by atoms with Crippen molar-refractivity contribution in [1.82, 2.24) is 27.4 Å². The van der Waals surface area contributed by atoms with E-state index in [1.54, 1.807) is 0 Å². The summed E-state index contributed by atoms with van der Waals surface area (Å²) in [6.07, 6.45) is 0. The van der Waals surface area contributed by atoms with E-state index in [9.17, 15) is 0 Å². The van der Waals surface area contributed by atoms with Gasteiger partial charge in [0.25, 0.3) is 0 Å². The number of para-hydroxylation sites is 9. The Balaban J connectivity index is 0.000000103. The molecule has 0 fully saturated rings. The van der Waals surface area contributed by atoms with Gasteiger partial charge in [0, 0.05) is 159 Å². The number of benzene rings is 21. The van der Waals surface area contributed by atoms with Gasteiger partial charge in [-0.3, -0.25) is 0 Å². The van der Waals surface area contributed by atoms with E-state index in [1.165, 1.54) is 247 Å². The van der Waals surface area contributed by atoms with Crippen molar-refractivity contribution in [3.8, 4) is 67.5 Å². The number of hydrogen-bond acceptors (Lipinski definition) is 3. The van der Waals surface area contributed by atoms with Crippen LogP contribution in [0.25, 0.3) is 259 Å². The van der Waals surface area contributed by atoms with E-state index in [0.717, 1.165) is 11.4 Å². The topological polar surface area (TPSA) is 29.6 Å². The van der Waals surface area contributed by atoms with Crippen molar-refractivity contribution in [3.05, 3.63) is 473 Å². The summed E-state index contributed by atoms with van der Waals surface area (Å²) >= 11 is 5.61. The van der Waals surface area contributed by atoms with E-state index in [0.29, 0.717) is 0 Å². The molecule has 30 rings (SSSR count). The molecule has 0 aliphatic carbocycles. The van der Waals surface area contributed by atoms with Crippen LogP contribution in [0.15, 0.2) is 473 Å². The minimum Gasteiger partial charge on any atom is -0.309 e. The molecule has 638 valence electrons. The molecule has 30 aromatic rings. The number of thiophene rings is 3. The van der Waals surface area contributed by atoms with E-state index in [-0.39, 0.29) is 7.43 Å². The van der Waals surface area contributed by atoms with Gasteiger partial charge in [0.05, 0.1) is 66.2 Å². The lowest BCUT2D eigenvalue weighted by Crippen LogP contribution is -1.95. The van der Waals surface area contributed by atoms with Gasteiger partial charge in [-0.1, -0.05) is 305 Å². The van der Waals surface area contributed by atoms with Crippen LogP contribution in [0.5, 0.6) is 0 Å². The first-order valence-corrected chi connectivity index (χ1v) is 48.5. The second-order valence-electron chi connectivity index (χ2n) is 35.2. The number of aromatic nitrogens is 6. The van der Waals surface area contributed by atoms with E-state index < -0.39 is 0 Å². The van der Waals surface area contributed by atoms with Crippen LogP contribution < -0.4 is 0 Å². The smallest absolute Gasteiger partial charge is 0.0641 e. The summed E-state index contributed by atoms with van der Waals surface area (Å²) in [5, 5.41) is 23.3. The lowest BCUT2D eigenvalue weighted by molar-refractivity contribution is 1.17. The molecule has 0 aliphatic rings. The van der Waals surface area contributed by atoms with E-state index in [4.69, 9.17) is 0 Å². The lowest BCUT2D eigenvalue weighted by Gasteiger charge is -2.11. The van der Waals surface area contributed by atoms with Crippen molar-refractivity contribution in [2.45, 2.75) is 7.43 Å². The van der Waals surface area contributed by atoms with Crippen LogP contribution >= 0.6 is 34.0 Å². The molecule has 0 spiro atoms. The van der Waals surface area contributed by atoms with Gasteiger partial charge in [0.1, 0.15) is 0 Å². The van der Waals surface area contributed by atoms with Gasteiger partial charge in [-0.2, -0.15) is 0 Å². The van der Waals surface area contributed by atoms with E-state index in [1.807, 2.05) is 34.0 Å². The number of fused-ring (bicyclic) bond motifs is 30. The zero-order chi connectivity index (χ0) is 88.5. The molecule has 0 amide bonds. The van der Waals surface area contributed by atoms with Crippen LogP contribution in [0.4, 0.5) is 0 Å². The molecular formula is C127H82N6S3. The molecule has 9 heteroatoms. The summed E-state index contributed by atoms with van der Waals surface area (Å²) < 4.78 is 22.6. The highest BCUT2D eigenvalue weighted by molar-refractivity contribution is 7.27. The summed E-state index contributed by atoms with van der Waals surface area (Å²) in [5.41, 5.74) is 29.2. The predicted molar refractivity (Wildman–Crippen MR) is 587 cm³/mol. The van der Waals surface area contributed by atoms with Gasteiger partial charge >= 0.3 is 0 Å². The molecular weight excluding hydrogens is 1710 g/mol. The van der Waals surface area contributed by atoms with E-state index in [2.05, 4.69) is 501 Å². The first kappa shape index (κ1) is 78.9. The van der Waals surface area contributed by atoms with Crippen LogP contribution in [-0.4, -0.2) is 27.4 Å². The number of hydrogen-bond donors (Lipinski definition) is 0. The fourth-order valence-electron chi connectivity index (χ4n) is 22.1. The van der Waals surface area contributed by atoms with E-state index >= 15 is 0 Å². The maximum atomic E-state index is 2.47. The van der Waals surface area contributed by atoms with Gasteiger partial charge < -0.3 is 27.4 Å². The zero-order valence-electron chi connectivity index (χ0n) is 72.9. The van der Waals surface area contributed by atoms with Gasteiger partial charge in [0.15, 0.2) is 0 Å². The first-order valence-electron chi connectivity index (χ1n) is 46.1. The Labute approximate surface area is 794 Å². The first-order chi connectivity index (χ1) is 67.0. The summed E-state index contributed by atoms with van der Waals surface area (Å²) in [6.45, 7) is 0. The molecule has 0 bridgehead atoms. The lowest BCUT2D eigenvalue weighted by atomic mass is 10.0. The Kier molecular flexibility index (Phi) is 18.4. The molecule has 0 aliphatic heterocycles. The number of nitrogens with zero attached hydrogens (tertiary/aromatic N) is 6. The molecule has 136 heavy (non-hydrogen) atoms. The standard InChI is InChI=1S/3C42H26N2S.CH4/c1-2-11-28(12-3-1)43-35-18-7-4-14-33(35)40-37(43)25-26-38-41(40)34-15-5-8-19-36(34)44(38)29-23-21-27(22-24-29)30-16-10-17-32-31-13-6-9-20-39(31)45-42(30)32;1-2-10-29(11-3-1)44-36-15-7-4-12-31(36)33-23-24-38-41(42(33)44)34-14-5-8-16-37(34)43(38)30-21-18-27(19-22-30)28-20-25-40-35(26-28)32-13-6-9-17-39(32)45-40;1-2-10-29(11-3-1)43-37-16-8-5-14-34(37)41-38(43)24-23-33-31-12-4-7-15-36(31)44(42(33)41)30-21-18-27(19-22-30)28-20-25-40-35(26-28)32-13-6-9-17-39(32)45-40;/h3*1-26H;1H4. The van der Waals surface area contributed by atoms with Crippen molar-refractivity contribution in [3.63, 3.8) is 0 Å². The highest BCUT2D eigenvalue weighted by Gasteiger charge is 2.27. The van der Waals surface area contributed by atoms with Gasteiger partial charge in [-0.05, 0) is 209 Å². The normalized spacial score (nSPS) is 11.9. The van der Waals surface area contributed by atoms with Crippen molar-refractivity contribution >= 4 is 225 Å². The highest BCUT2D eigenvalue weighted by Crippen LogP contribution is 2.50. The van der Waals surface area contributed by atoms with Crippen LogP contribution in [0.3, 0.4) is 0 Å². The summed E-state index contributed by atoms with van der Waals surface area (Å²) in [5.74, 6) is 0. The summed E-state index contributed by atoms with van der Waals surface area (Å²) in [4.78, 5) is 0. The van der Waals surface area contributed by atoms with Crippen molar-refractivity contribution in [1.29, 1.82) is 0 Å². The molecule has 0 saturated heterocycles. The number of rotatable bonds is 9. The third kappa shape index (κ3) is 12.2. The van der Waals surface area contributed by atoms with Gasteiger partial charge in [-0.25, -0.2) is 0 Å². The second-order valence-corrected chi connectivity index (χ2v) is 38.4. The van der Waals surface area contributed by atoms with Crippen molar-refractivity contribution < 1.29 is 0 Å². The highest BCUT2D eigenvalue weighted by atomic mass is 32.1. The second kappa shape index (κ2) is 31.7. The summed E-state index contributed by atoms with van der Waals surface area (Å²) in [6, 6.07) is 173. The molecule has 0 atom stereocenters. The molecule has 9 aromatic heterocycles. The average Bonchev–Trinajstić information content (AvgIpc) is 1.55. The van der Waals surface area contributed by atoms with Crippen molar-refractivity contribution in [2.24, 2.45) is 0 Å². The Morgan fingerprint density at radius 2 is 0.404 bits per heavy atom. The average molecular weight is 1790 g/mol. The van der Waals surface area contributed by atoms with Crippen LogP contribution in [-0.2, 0) is 0 Å². The zero-order valence-corrected chi connectivity index (χ0v) is 75.4. The summed E-state index contributed by atoms with van der Waals surface area (Å²) in [7, 11) is 0. The minimum absolute atomic E-state index is 0. The Hall–Kier alpha value is -16.9. The van der Waals surface area contributed by atoms with Crippen molar-refractivity contribution in [2.75, 3.05) is 0 Å². The minimum atomic E-state index is 0. The largest absolute Gasteiger partial charge is 0.309 e. The van der Waals surface area contributed by atoms with Gasteiger partial charge in [0.2, 0.25) is 0 Å². The fraction of sp³-hybridized carbons (Fsp3) is 0.00787. The van der Waals surface area contributed by atoms with Crippen LogP contribution in [0, 0.1) is 0 Å². The van der Waals surface area contributed by atoms with Crippen LogP contribution in [0.1, 0.15) is 7.43 Å². The maximum absolute atomic E-state index is 2.47.